The lowest BCUT2D eigenvalue weighted by Crippen LogP contribution is -2.46. The standard InChI is InChI=1S/C23H29N3O/c1-18-7-2-5-11-22(18)24-23(27)26-13-6-8-19(16-26)15-25-14-12-20-9-3-4-10-21(20)17-25/h2-5,7,9-11,19H,6,8,12-17H2,1H3,(H,24,27)/t19-/m0/s1. The normalized spacial score (nSPS) is 20.2. The number of piperidine rings is 1. The molecule has 0 aromatic heterocycles. The van der Waals surface area contributed by atoms with Gasteiger partial charge in [-0.25, -0.2) is 4.79 Å². The van der Waals surface area contributed by atoms with E-state index in [9.17, 15) is 4.79 Å². The van der Waals surface area contributed by atoms with Crippen molar-refractivity contribution in [3.05, 3.63) is 65.2 Å². The van der Waals surface area contributed by atoms with Gasteiger partial charge in [-0.3, -0.25) is 4.90 Å². The second kappa shape index (κ2) is 8.13. The summed E-state index contributed by atoms with van der Waals surface area (Å²) in [4.78, 5) is 17.3. The Morgan fingerprint density at radius 2 is 1.85 bits per heavy atom. The smallest absolute Gasteiger partial charge is 0.321 e. The number of anilines is 1. The highest BCUT2D eigenvalue weighted by atomic mass is 16.2. The summed E-state index contributed by atoms with van der Waals surface area (Å²) in [5, 5.41) is 3.09. The first-order chi connectivity index (χ1) is 13.2. The number of para-hydroxylation sites is 1. The number of aryl methyl sites for hydroxylation is 1. The molecule has 142 valence electrons. The van der Waals surface area contributed by atoms with Gasteiger partial charge in [-0.1, -0.05) is 42.5 Å². The van der Waals surface area contributed by atoms with Crippen molar-refractivity contribution in [3.8, 4) is 0 Å². The van der Waals surface area contributed by atoms with Crippen molar-refractivity contribution in [1.82, 2.24) is 9.80 Å². The van der Waals surface area contributed by atoms with Crippen molar-refractivity contribution in [3.63, 3.8) is 0 Å². The van der Waals surface area contributed by atoms with E-state index in [-0.39, 0.29) is 6.03 Å². The molecule has 0 saturated carbocycles. The minimum atomic E-state index is 0.0398. The molecule has 0 spiro atoms. The van der Waals surface area contributed by atoms with Gasteiger partial charge in [0.2, 0.25) is 0 Å². The molecule has 2 aliphatic rings. The molecule has 1 atom stereocenters. The number of nitrogens with zero attached hydrogens (tertiary/aromatic N) is 2. The Kier molecular flexibility index (Phi) is 5.44. The van der Waals surface area contributed by atoms with Crippen molar-refractivity contribution in [2.24, 2.45) is 5.92 Å². The molecular formula is C23H29N3O. The summed E-state index contributed by atoms with van der Waals surface area (Å²) in [6.45, 7) is 7.00. The quantitative estimate of drug-likeness (QED) is 0.883. The second-order valence-corrected chi connectivity index (χ2v) is 7.95. The number of amides is 2. The monoisotopic (exact) mass is 363 g/mol. The van der Waals surface area contributed by atoms with Gasteiger partial charge in [-0.2, -0.15) is 0 Å². The first-order valence-electron chi connectivity index (χ1n) is 10.1. The SMILES string of the molecule is Cc1ccccc1NC(=O)N1CCC[C@@H](CN2CCc3ccccc3C2)C1. The molecule has 4 heteroatoms. The molecule has 1 saturated heterocycles. The highest BCUT2D eigenvalue weighted by molar-refractivity contribution is 5.90. The van der Waals surface area contributed by atoms with E-state index < -0.39 is 0 Å². The third-order valence-corrected chi connectivity index (χ3v) is 5.92. The van der Waals surface area contributed by atoms with Gasteiger partial charge in [0.25, 0.3) is 0 Å². The van der Waals surface area contributed by atoms with Crippen molar-refractivity contribution in [2.45, 2.75) is 32.7 Å². The summed E-state index contributed by atoms with van der Waals surface area (Å²) in [6, 6.07) is 16.8. The topological polar surface area (TPSA) is 35.6 Å². The second-order valence-electron chi connectivity index (χ2n) is 7.95. The number of likely N-dealkylation sites (tertiary alicyclic amines) is 1. The van der Waals surface area contributed by atoms with E-state index in [1.165, 1.54) is 17.5 Å². The van der Waals surface area contributed by atoms with Crippen molar-refractivity contribution in [1.29, 1.82) is 0 Å². The fraction of sp³-hybridized carbons (Fsp3) is 0.435. The van der Waals surface area contributed by atoms with E-state index in [4.69, 9.17) is 0 Å². The number of urea groups is 1. The Labute approximate surface area is 162 Å². The van der Waals surface area contributed by atoms with E-state index in [2.05, 4.69) is 34.5 Å². The van der Waals surface area contributed by atoms with Gasteiger partial charge in [-0.15, -0.1) is 0 Å². The van der Waals surface area contributed by atoms with Crippen LogP contribution in [0.25, 0.3) is 0 Å². The zero-order valence-electron chi connectivity index (χ0n) is 16.2. The predicted octanol–water partition coefficient (Wildman–Crippen LogP) is 4.30. The van der Waals surface area contributed by atoms with Crippen molar-refractivity contribution >= 4 is 11.7 Å². The number of fused-ring (bicyclic) bond motifs is 1. The summed E-state index contributed by atoms with van der Waals surface area (Å²) >= 11 is 0. The first kappa shape index (κ1) is 18.1. The highest BCUT2D eigenvalue weighted by Crippen LogP contribution is 2.24. The molecule has 27 heavy (non-hydrogen) atoms. The van der Waals surface area contributed by atoms with Crippen LogP contribution in [0.1, 0.15) is 29.5 Å². The van der Waals surface area contributed by atoms with Gasteiger partial charge in [-0.05, 0) is 54.9 Å². The number of rotatable bonds is 3. The molecule has 4 nitrogen and oxygen atoms in total. The third kappa shape index (κ3) is 4.33. The summed E-state index contributed by atoms with van der Waals surface area (Å²) in [5.74, 6) is 0.562. The number of hydrogen-bond acceptors (Lipinski definition) is 2. The van der Waals surface area contributed by atoms with Crippen LogP contribution in [0.3, 0.4) is 0 Å². The van der Waals surface area contributed by atoms with Gasteiger partial charge in [0.1, 0.15) is 0 Å². The van der Waals surface area contributed by atoms with Crippen LogP contribution in [0.2, 0.25) is 0 Å². The Morgan fingerprint density at radius 1 is 1.07 bits per heavy atom. The molecule has 2 heterocycles. The highest BCUT2D eigenvalue weighted by Gasteiger charge is 2.26. The Balaban J connectivity index is 1.33. The molecule has 4 rings (SSSR count). The summed E-state index contributed by atoms with van der Waals surface area (Å²) in [7, 11) is 0. The fourth-order valence-electron chi connectivity index (χ4n) is 4.38. The lowest BCUT2D eigenvalue weighted by Gasteiger charge is -2.37. The molecule has 1 N–H and O–H groups in total. The first-order valence-corrected chi connectivity index (χ1v) is 10.1. The van der Waals surface area contributed by atoms with Crippen LogP contribution in [-0.4, -0.2) is 42.0 Å². The molecule has 2 amide bonds. The third-order valence-electron chi connectivity index (χ3n) is 5.92. The minimum Gasteiger partial charge on any atom is -0.324 e. The lowest BCUT2D eigenvalue weighted by molar-refractivity contribution is 0.140. The number of carbonyl (C=O) groups is 1. The van der Waals surface area contributed by atoms with Gasteiger partial charge in [0.05, 0.1) is 0 Å². The number of hydrogen-bond donors (Lipinski definition) is 1. The van der Waals surface area contributed by atoms with Crippen molar-refractivity contribution < 1.29 is 4.79 Å². The predicted molar refractivity (Wildman–Crippen MR) is 110 cm³/mol. The van der Waals surface area contributed by atoms with Crippen LogP contribution >= 0.6 is 0 Å². The molecular weight excluding hydrogens is 334 g/mol. The maximum absolute atomic E-state index is 12.7. The molecule has 0 radical (unpaired) electrons. The van der Waals surface area contributed by atoms with E-state index >= 15 is 0 Å². The van der Waals surface area contributed by atoms with E-state index in [1.54, 1.807) is 0 Å². The van der Waals surface area contributed by atoms with Crippen LogP contribution in [0, 0.1) is 12.8 Å². The Hall–Kier alpha value is -2.33. The largest absolute Gasteiger partial charge is 0.324 e. The summed E-state index contributed by atoms with van der Waals surface area (Å²) in [5.41, 5.74) is 4.98. The van der Waals surface area contributed by atoms with Crippen LogP contribution in [0.15, 0.2) is 48.5 Å². The molecule has 2 aromatic rings. The van der Waals surface area contributed by atoms with E-state index in [0.29, 0.717) is 5.92 Å². The molecule has 0 aliphatic carbocycles. The van der Waals surface area contributed by atoms with E-state index in [1.807, 2.05) is 36.1 Å². The van der Waals surface area contributed by atoms with E-state index in [0.717, 1.165) is 56.8 Å². The average molecular weight is 364 g/mol. The van der Waals surface area contributed by atoms with Gasteiger partial charge in [0.15, 0.2) is 0 Å². The number of nitrogens with one attached hydrogen (secondary N) is 1. The molecule has 0 bridgehead atoms. The maximum Gasteiger partial charge on any atom is 0.321 e. The van der Waals surface area contributed by atoms with Crippen LogP contribution in [0.5, 0.6) is 0 Å². The van der Waals surface area contributed by atoms with Crippen LogP contribution < -0.4 is 5.32 Å². The summed E-state index contributed by atoms with van der Waals surface area (Å²) in [6.07, 6.45) is 3.45. The number of benzene rings is 2. The molecule has 0 unspecified atom stereocenters. The van der Waals surface area contributed by atoms with Crippen LogP contribution in [-0.2, 0) is 13.0 Å². The number of carbonyl (C=O) groups excluding carboxylic acids is 1. The van der Waals surface area contributed by atoms with Gasteiger partial charge in [0, 0.05) is 38.4 Å². The van der Waals surface area contributed by atoms with Gasteiger partial charge >= 0.3 is 6.03 Å². The molecule has 2 aliphatic heterocycles. The minimum absolute atomic E-state index is 0.0398. The Bertz CT molecular complexity index is 804. The fourth-order valence-corrected chi connectivity index (χ4v) is 4.38. The zero-order valence-corrected chi connectivity index (χ0v) is 16.2. The molecule has 1 fully saturated rings. The maximum atomic E-state index is 12.7. The Morgan fingerprint density at radius 3 is 2.70 bits per heavy atom. The average Bonchev–Trinajstić information content (AvgIpc) is 2.70. The van der Waals surface area contributed by atoms with Crippen molar-refractivity contribution in [2.75, 3.05) is 31.5 Å². The van der Waals surface area contributed by atoms with Gasteiger partial charge < -0.3 is 10.2 Å². The zero-order chi connectivity index (χ0) is 18.6. The lowest BCUT2D eigenvalue weighted by atomic mass is 9.95. The molecule has 2 aromatic carbocycles. The summed E-state index contributed by atoms with van der Waals surface area (Å²) < 4.78 is 0. The van der Waals surface area contributed by atoms with Crippen LogP contribution in [0.4, 0.5) is 10.5 Å².